The fourth-order valence-corrected chi connectivity index (χ4v) is 2.86. The van der Waals surface area contributed by atoms with E-state index in [4.69, 9.17) is 5.73 Å². The van der Waals surface area contributed by atoms with E-state index in [0.717, 1.165) is 21.4 Å². The van der Waals surface area contributed by atoms with Crippen molar-refractivity contribution in [1.82, 2.24) is 0 Å². The molecular weight excluding hydrogens is 270 g/mol. The second kappa shape index (κ2) is 4.07. The summed E-state index contributed by atoms with van der Waals surface area (Å²) in [5, 5.41) is 2.88. The molecule has 1 aliphatic rings. The molecule has 2 rings (SSSR count). The van der Waals surface area contributed by atoms with Crippen LogP contribution in [0.25, 0.3) is 0 Å². The third-order valence-corrected chi connectivity index (χ3v) is 3.42. The fraction of sp³-hybridized carbons (Fsp3) is 0.364. The zero-order valence-electron chi connectivity index (χ0n) is 9.25. The second-order valence-corrected chi connectivity index (χ2v) is 4.85. The van der Waals surface area contributed by atoms with E-state index in [9.17, 15) is 4.79 Å². The first-order valence-electron chi connectivity index (χ1n) is 5.08. The van der Waals surface area contributed by atoms with Crippen LogP contribution < -0.4 is 16.0 Å². The Kier molecular flexibility index (Phi) is 2.90. The monoisotopic (exact) mass is 283 g/mol. The number of fused-ring (bicyclic) bond motifs is 1. The Morgan fingerprint density at radius 1 is 1.56 bits per heavy atom. The highest BCUT2D eigenvalue weighted by Crippen LogP contribution is 2.38. The van der Waals surface area contributed by atoms with Crippen LogP contribution in [0.15, 0.2) is 16.6 Å². The highest BCUT2D eigenvalue weighted by atomic mass is 79.9. The third kappa shape index (κ3) is 1.70. The van der Waals surface area contributed by atoms with Crippen LogP contribution in [0.2, 0.25) is 0 Å². The molecule has 16 heavy (non-hydrogen) atoms. The SMILES string of the molecule is Cc1cc(Br)c2c(c1)NC(=O)C(CN)N2C. The number of nitrogens with one attached hydrogen (secondary N) is 1. The molecule has 1 aromatic rings. The van der Waals surface area contributed by atoms with Gasteiger partial charge in [-0.2, -0.15) is 0 Å². The molecule has 1 amide bonds. The number of amides is 1. The molecule has 86 valence electrons. The number of carbonyl (C=O) groups is 1. The van der Waals surface area contributed by atoms with Crippen molar-refractivity contribution in [2.45, 2.75) is 13.0 Å². The first-order valence-corrected chi connectivity index (χ1v) is 5.87. The molecule has 0 aliphatic carbocycles. The van der Waals surface area contributed by atoms with E-state index < -0.39 is 0 Å². The number of anilines is 2. The molecule has 0 spiro atoms. The quantitative estimate of drug-likeness (QED) is 0.821. The molecule has 0 radical (unpaired) electrons. The Morgan fingerprint density at radius 2 is 2.25 bits per heavy atom. The minimum atomic E-state index is -0.300. The lowest BCUT2D eigenvalue weighted by Gasteiger charge is -2.35. The Balaban J connectivity index is 2.55. The lowest BCUT2D eigenvalue weighted by atomic mass is 10.1. The van der Waals surface area contributed by atoms with Gasteiger partial charge in [0, 0.05) is 18.1 Å². The average molecular weight is 284 g/mol. The number of hydrogen-bond acceptors (Lipinski definition) is 3. The van der Waals surface area contributed by atoms with Crippen LogP contribution in [-0.2, 0) is 4.79 Å². The summed E-state index contributed by atoms with van der Waals surface area (Å²) < 4.78 is 0.975. The number of carbonyl (C=O) groups excluding carboxylic acids is 1. The molecule has 1 atom stereocenters. The number of aryl methyl sites for hydroxylation is 1. The molecule has 1 unspecified atom stereocenters. The summed E-state index contributed by atoms with van der Waals surface area (Å²) in [5.41, 5.74) is 8.53. The molecule has 0 saturated heterocycles. The van der Waals surface area contributed by atoms with Gasteiger partial charge in [-0.05, 0) is 40.5 Å². The predicted octanol–water partition coefficient (Wildman–Crippen LogP) is 1.47. The summed E-state index contributed by atoms with van der Waals surface area (Å²) in [4.78, 5) is 13.7. The summed E-state index contributed by atoms with van der Waals surface area (Å²) in [6.07, 6.45) is 0. The lowest BCUT2D eigenvalue weighted by molar-refractivity contribution is -0.117. The highest BCUT2D eigenvalue weighted by molar-refractivity contribution is 9.10. The maximum atomic E-state index is 11.8. The molecule has 1 heterocycles. The van der Waals surface area contributed by atoms with Crippen molar-refractivity contribution < 1.29 is 4.79 Å². The summed E-state index contributed by atoms with van der Waals surface area (Å²) in [7, 11) is 1.88. The summed E-state index contributed by atoms with van der Waals surface area (Å²) in [6, 6.07) is 3.69. The van der Waals surface area contributed by atoms with Gasteiger partial charge in [0.15, 0.2) is 0 Å². The van der Waals surface area contributed by atoms with Crippen LogP contribution in [-0.4, -0.2) is 25.5 Å². The molecule has 0 aromatic heterocycles. The highest BCUT2D eigenvalue weighted by Gasteiger charge is 2.30. The maximum Gasteiger partial charge on any atom is 0.248 e. The van der Waals surface area contributed by atoms with E-state index in [1.807, 2.05) is 31.0 Å². The molecule has 1 aromatic carbocycles. The molecule has 5 heteroatoms. The van der Waals surface area contributed by atoms with E-state index >= 15 is 0 Å². The van der Waals surface area contributed by atoms with Crippen LogP contribution in [0.4, 0.5) is 11.4 Å². The van der Waals surface area contributed by atoms with Crippen molar-refractivity contribution in [3.05, 3.63) is 22.2 Å². The van der Waals surface area contributed by atoms with Crippen LogP contribution in [0.1, 0.15) is 5.56 Å². The Bertz CT molecular complexity index is 447. The Labute approximate surface area is 103 Å². The van der Waals surface area contributed by atoms with Crippen molar-refractivity contribution in [2.75, 3.05) is 23.8 Å². The minimum Gasteiger partial charge on any atom is -0.359 e. The van der Waals surface area contributed by atoms with E-state index in [0.29, 0.717) is 6.54 Å². The topological polar surface area (TPSA) is 58.4 Å². The number of hydrogen-bond donors (Lipinski definition) is 2. The Morgan fingerprint density at radius 3 is 2.88 bits per heavy atom. The molecule has 0 fully saturated rings. The van der Waals surface area contributed by atoms with Crippen molar-refractivity contribution in [3.8, 4) is 0 Å². The predicted molar refractivity (Wildman–Crippen MR) is 68.8 cm³/mol. The molecule has 3 N–H and O–H groups in total. The van der Waals surface area contributed by atoms with Crippen molar-refractivity contribution in [1.29, 1.82) is 0 Å². The number of halogens is 1. The van der Waals surface area contributed by atoms with Gasteiger partial charge in [0.05, 0.1) is 11.4 Å². The molecule has 4 nitrogen and oxygen atoms in total. The smallest absolute Gasteiger partial charge is 0.248 e. The van der Waals surface area contributed by atoms with E-state index in [2.05, 4.69) is 21.2 Å². The van der Waals surface area contributed by atoms with Gasteiger partial charge in [-0.15, -0.1) is 0 Å². The minimum absolute atomic E-state index is 0.0463. The fourth-order valence-electron chi connectivity index (χ4n) is 2.00. The van der Waals surface area contributed by atoms with Gasteiger partial charge >= 0.3 is 0 Å². The lowest BCUT2D eigenvalue weighted by Crippen LogP contribution is -2.50. The largest absolute Gasteiger partial charge is 0.359 e. The maximum absolute atomic E-state index is 11.8. The third-order valence-electron chi connectivity index (χ3n) is 2.81. The van der Waals surface area contributed by atoms with Gasteiger partial charge in [-0.25, -0.2) is 0 Å². The normalized spacial score (nSPS) is 19.4. The number of nitrogens with zero attached hydrogens (tertiary/aromatic N) is 1. The first-order chi connectivity index (χ1) is 7.54. The van der Waals surface area contributed by atoms with Gasteiger partial charge < -0.3 is 16.0 Å². The summed E-state index contributed by atoms with van der Waals surface area (Å²) in [5.74, 6) is -0.0463. The zero-order valence-corrected chi connectivity index (χ0v) is 10.8. The van der Waals surface area contributed by atoms with Gasteiger partial charge in [0.1, 0.15) is 6.04 Å². The zero-order chi connectivity index (χ0) is 11.9. The number of benzene rings is 1. The number of nitrogens with two attached hydrogens (primary N) is 1. The van der Waals surface area contributed by atoms with Crippen LogP contribution in [0, 0.1) is 6.92 Å². The molecule has 1 aliphatic heterocycles. The van der Waals surface area contributed by atoms with E-state index in [1.54, 1.807) is 0 Å². The van der Waals surface area contributed by atoms with Crippen LogP contribution in [0.3, 0.4) is 0 Å². The Hall–Kier alpha value is -1.07. The van der Waals surface area contributed by atoms with Gasteiger partial charge in [0.2, 0.25) is 5.91 Å². The van der Waals surface area contributed by atoms with Crippen LogP contribution >= 0.6 is 15.9 Å². The number of rotatable bonds is 1. The number of likely N-dealkylation sites (N-methyl/N-ethyl adjacent to an activating group) is 1. The molecule has 0 saturated carbocycles. The summed E-state index contributed by atoms with van der Waals surface area (Å²) in [6.45, 7) is 2.30. The average Bonchev–Trinajstić information content (AvgIpc) is 2.15. The second-order valence-electron chi connectivity index (χ2n) is 3.99. The van der Waals surface area contributed by atoms with Gasteiger partial charge in [0.25, 0.3) is 0 Å². The van der Waals surface area contributed by atoms with E-state index in [1.165, 1.54) is 0 Å². The van der Waals surface area contributed by atoms with Crippen LogP contribution in [0.5, 0.6) is 0 Å². The van der Waals surface area contributed by atoms with Crippen molar-refractivity contribution >= 4 is 33.2 Å². The first kappa shape index (κ1) is 11.4. The van der Waals surface area contributed by atoms with Gasteiger partial charge in [-0.3, -0.25) is 4.79 Å². The van der Waals surface area contributed by atoms with Crippen molar-refractivity contribution in [3.63, 3.8) is 0 Å². The molecule has 0 bridgehead atoms. The molecular formula is C11H14BrN3O. The standard InChI is InChI=1S/C11H14BrN3O/c1-6-3-7(12)10-8(4-6)14-11(16)9(5-13)15(10)2/h3-4,9H,5,13H2,1-2H3,(H,14,16). The van der Waals surface area contributed by atoms with E-state index in [-0.39, 0.29) is 11.9 Å². The summed E-state index contributed by atoms with van der Waals surface area (Å²) >= 11 is 3.52. The van der Waals surface area contributed by atoms with Gasteiger partial charge in [-0.1, -0.05) is 0 Å². The van der Waals surface area contributed by atoms with Crippen molar-refractivity contribution in [2.24, 2.45) is 5.73 Å².